The highest BCUT2D eigenvalue weighted by Gasteiger charge is 2.13. The zero-order chi connectivity index (χ0) is 13.1. The summed E-state index contributed by atoms with van der Waals surface area (Å²) in [7, 11) is 3.68. The van der Waals surface area contributed by atoms with Gasteiger partial charge in [-0.05, 0) is 30.5 Å². The van der Waals surface area contributed by atoms with E-state index < -0.39 is 0 Å². The number of pyridine rings is 1. The lowest BCUT2D eigenvalue weighted by molar-refractivity contribution is 0.415. The second-order valence-corrected chi connectivity index (χ2v) is 4.64. The summed E-state index contributed by atoms with van der Waals surface area (Å²) in [6.45, 7) is 2.08. The van der Waals surface area contributed by atoms with Crippen molar-refractivity contribution < 1.29 is 4.74 Å². The number of hydrogen-bond donors (Lipinski definition) is 0. The number of benzene rings is 1. The summed E-state index contributed by atoms with van der Waals surface area (Å²) in [6.07, 6.45) is 1.82. The summed E-state index contributed by atoms with van der Waals surface area (Å²) in [4.78, 5) is 6.56. The van der Waals surface area contributed by atoms with Crippen LogP contribution >= 0.6 is 11.6 Å². The minimum atomic E-state index is 0.232. The molecule has 18 heavy (non-hydrogen) atoms. The van der Waals surface area contributed by atoms with Gasteiger partial charge in [0, 0.05) is 30.6 Å². The first kappa shape index (κ1) is 13.0. The Hall–Kier alpha value is -1.48. The van der Waals surface area contributed by atoms with Crippen molar-refractivity contribution in [2.45, 2.75) is 13.0 Å². The van der Waals surface area contributed by atoms with Gasteiger partial charge in [-0.1, -0.05) is 6.07 Å². The number of ether oxygens (including phenoxy) is 1. The van der Waals surface area contributed by atoms with E-state index in [0.717, 1.165) is 22.3 Å². The average Bonchev–Trinajstić information content (AvgIpc) is 2.44. The van der Waals surface area contributed by atoms with Crippen molar-refractivity contribution in [1.82, 2.24) is 4.98 Å². The summed E-state index contributed by atoms with van der Waals surface area (Å²) in [5, 5.41) is 2.23. The van der Waals surface area contributed by atoms with Crippen LogP contribution in [0.2, 0.25) is 0 Å². The first-order chi connectivity index (χ1) is 8.67. The molecule has 0 bridgehead atoms. The van der Waals surface area contributed by atoms with Crippen LogP contribution in [0.3, 0.4) is 0 Å². The summed E-state index contributed by atoms with van der Waals surface area (Å²) >= 11 is 5.91. The number of anilines is 1. The van der Waals surface area contributed by atoms with Gasteiger partial charge in [0.25, 0.3) is 0 Å². The lowest BCUT2D eigenvalue weighted by atomic mass is 10.1. The molecule has 0 N–H and O–H groups in total. The van der Waals surface area contributed by atoms with Crippen LogP contribution in [-0.2, 0) is 0 Å². The number of rotatable bonds is 4. The van der Waals surface area contributed by atoms with Gasteiger partial charge in [0.2, 0.25) is 0 Å². The molecular formula is C14H17ClN2O. The van der Waals surface area contributed by atoms with Gasteiger partial charge < -0.3 is 9.64 Å². The molecule has 2 aromatic rings. The Kier molecular flexibility index (Phi) is 3.92. The Morgan fingerprint density at radius 1 is 1.39 bits per heavy atom. The van der Waals surface area contributed by atoms with Gasteiger partial charge in [-0.15, -0.1) is 11.6 Å². The van der Waals surface area contributed by atoms with Gasteiger partial charge in [-0.25, -0.2) is 4.98 Å². The van der Waals surface area contributed by atoms with Crippen molar-refractivity contribution in [3.8, 4) is 5.75 Å². The fourth-order valence-corrected chi connectivity index (χ4v) is 2.06. The Bertz CT molecular complexity index is 544. The maximum Gasteiger partial charge on any atom is 0.136 e. The third-order valence-electron chi connectivity index (χ3n) is 3.17. The normalized spacial score (nSPS) is 12.4. The van der Waals surface area contributed by atoms with Crippen LogP contribution in [0.5, 0.6) is 5.75 Å². The molecule has 0 aliphatic carbocycles. The molecule has 3 nitrogen and oxygen atoms in total. The van der Waals surface area contributed by atoms with Crippen LogP contribution in [0.1, 0.15) is 6.92 Å². The van der Waals surface area contributed by atoms with Crippen LogP contribution < -0.4 is 9.64 Å². The third kappa shape index (κ3) is 2.36. The Labute approximate surface area is 112 Å². The molecule has 96 valence electrons. The van der Waals surface area contributed by atoms with E-state index in [1.807, 2.05) is 37.5 Å². The molecule has 1 unspecified atom stereocenters. The largest absolute Gasteiger partial charge is 0.497 e. The van der Waals surface area contributed by atoms with Crippen LogP contribution in [-0.4, -0.2) is 31.1 Å². The van der Waals surface area contributed by atoms with Crippen LogP contribution in [0.15, 0.2) is 30.5 Å². The van der Waals surface area contributed by atoms with Gasteiger partial charge >= 0.3 is 0 Å². The Balaban J connectivity index is 2.55. The summed E-state index contributed by atoms with van der Waals surface area (Å²) in [5.41, 5.74) is 0. The van der Waals surface area contributed by atoms with E-state index in [4.69, 9.17) is 16.3 Å². The summed E-state index contributed by atoms with van der Waals surface area (Å²) in [6, 6.07) is 8.23. The fraction of sp³-hybridized carbons (Fsp3) is 0.357. The zero-order valence-electron chi connectivity index (χ0n) is 10.9. The average molecular weight is 265 g/mol. The van der Waals surface area contributed by atoms with E-state index in [0.29, 0.717) is 5.88 Å². The molecular weight excluding hydrogens is 248 g/mol. The zero-order valence-corrected chi connectivity index (χ0v) is 11.6. The van der Waals surface area contributed by atoms with E-state index in [-0.39, 0.29) is 6.04 Å². The summed E-state index contributed by atoms with van der Waals surface area (Å²) in [5.74, 6) is 2.33. The highest BCUT2D eigenvalue weighted by Crippen LogP contribution is 2.28. The lowest BCUT2D eigenvalue weighted by Gasteiger charge is -2.25. The predicted molar refractivity (Wildman–Crippen MR) is 76.9 cm³/mol. The number of methoxy groups -OCH3 is 1. The van der Waals surface area contributed by atoms with Crippen molar-refractivity contribution in [2.24, 2.45) is 0 Å². The fourth-order valence-electron chi connectivity index (χ4n) is 1.85. The lowest BCUT2D eigenvalue weighted by Crippen LogP contribution is -2.31. The topological polar surface area (TPSA) is 25.4 Å². The maximum atomic E-state index is 5.91. The van der Waals surface area contributed by atoms with Gasteiger partial charge in [0.1, 0.15) is 11.6 Å². The molecule has 0 amide bonds. The smallest absolute Gasteiger partial charge is 0.136 e. The molecule has 1 aromatic carbocycles. The van der Waals surface area contributed by atoms with E-state index in [9.17, 15) is 0 Å². The highest BCUT2D eigenvalue weighted by molar-refractivity contribution is 6.18. The van der Waals surface area contributed by atoms with E-state index in [1.165, 1.54) is 0 Å². The molecule has 2 rings (SSSR count). The number of halogens is 1. The van der Waals surface area contributed by atoms with E-state index in [2.05, 4.69) is 16.8 Å². The molecule has 0 spiro atoms. The number of nitrogens with zero attached hydrogens (tertiary/aromatic N) is 2. The van der Waals surface area contributed by atoms with E-state index >= 15 is 0 Å². The van der Waals surface area contributed by atoms with Gasteiger partial charge in [-0.2, -0.15) is 0 Å². The second kappa shape index (κ2) is 5.44. The highest BCUT2D eigenvalue weighted by atomic mass is 35.5. The molecule has 4 heteroatoms. The monoisotopic (exact) mass is 264 g/mol. The number of aromatic nitrogens is 1. The predicted octanol–water partition coefficient (Wildman–Crippen LogP) is 3.31. The number of hydrogen-bond acceptors (Lipinski definition) is 3. The second-order valence-electron chi connectivity index (χ2n) is 4.34. The third-order valence-corrected chi connectivity index (χ3v) is 3.62. The van der Waals surface area contributed by atoms with Gasteiger partial charge in [0.05, 0.1) is 7.11 Å². The minimum Gasteiger partial charge on any atom is -0.497 e. The molecule has 1 heterocycles. The van der Waals surface area contributed by atoms with Crippen molar-refractivity contribution in [1.29, 1.82) is 0 Å². The van der Waals surface area contributed by atoms with Crippen molar-refractivity contribution in [3.05, 3.63) is 30.5 Å². The van der Waals surface area contributed by atoms with E-state index in [1.54, 1.807) is 7.11 Å². The molecule has 1 aromatic heterocycles. The van der Waals surface area contributed by atoms with Crippen molar-refractivity contribution >= 4 is 28.2 Å². The Morgan fingerprint density at radius 2 is 2.17 bits per heavy atom. The van der Waals surface area contributed by atoms with Gasteiger partial charge in [-0.3, -0.25) is 0 Å². The van der Waals surface area contributed by atoms with Crippen molar-refractivity contribution in [2.75, 3.05) is 24.9 Å². The first-order valence-corrected chi connectivity index (χ1v) is 6.42. The van der Waals surface area contributed by atoms with Crippen molar-refractivity contribution in [3.63, 3.8) is 0 Å². The summed E-state index contributed by atoms with van der Waals surface area (Å²) < 4.78 is 5.27. The number of fused-ring (bicyclic) bond motifs is 1. The van der Waals surface area contributed by atoms with Crippen LogP contribution in [0.4, 0.5) is 5.82 Å². The molecule has 0 saturated carbocycles. The molecule has 0 aliphatic heterocycles. The molecule has 0 saturated heterocycles. The number of alkyl halides is 1. The van der Waals surface area contributed by atoms with Gasteiger partial charge in [0.15, 0.2) is 0 Å². The SMILES string of the molecule is COc1ccc2ccnc(N(C)C(C)CCl)c2c1. The Morgan fingerprint density at radius 3 is 2.83 bits per heavy atom. The van der Waals surface area contributed by atoms with Crippen LogP contribution in [0, 0.1) is 0 Å². The van der Waals surface area contributed by atoms with Crippen LogP contribution in [0.25, 0.3) is 10.8 Å². The first-order valence-electron chi connectivity index (χ1n) is 5.89. The molecule has 1 atom stereocenters. The standard InChI is InChI=1S/C14H17ClN2O/c1-10(9-15)17(2)14-13-8-12(18-3)5-4-11(13)6-7-16-14/h4-8,10H,9H2,1-3H3. The maximum absolute atomic E-state index is 5.91. The molecule has 0 fully saturated rings. The molecule has 0 aliphatic rings. The molecule has 0 radical (unpaired) electrons. The minimum absolute atomic E-state index is 0.232. The quantitative estimate of drug-likeness (QED) is 0.793.